The Morgan fingerprint density at radius 1 is 1.19 bits per heavy atom. The fraction of sp³-hybridized carbons (Fsp3) is 0.429. The first-order valence-electron chi connectivity index (χ1n) is 9.62. The van der Waals surface area contributed by atoms with E-state index in [0.717, 1.165) is 50.0 Å². The van der Waals surface area contributed by atoms with Crippen LogP contribution in [0.1, 0.15) is 37.7 Å². The lowest BCUT2D eigenvalue weighted by molar-refractivity contribution is -0.122. The number of anilines is 1. The van der Waals surface area contributed by atoms with Gasteiger partial charge in [-0.3, -0.25) is 14.4 Å². The van der Waals surface area contributed by atoms with Crippen LogP contribution in [0.3, 0.4) is 0 Å². The Kier molecular flexibility index (Phi) is 5.07. The zero-order chi connectivity index (χ0) is 18.8. The van der Waals surface area contributed by atoms with Gasteiger partial charge in [0.15, 0.2) is 5.82 Å². The molecule has 27 heavy (non-hydrogen) atoms. The molecule has 1 aromatic heterocycles. The average molecular weight is 368 g/mol. The molecule has 6 heteroatoms. The zero-order valence-electron chi connectivity index (χ0n) is 15.6. The Bertz CT molecular complexity index is 842. The molecule has 1 amide bonds. The van der Waals surface area contributed by atoms with E-state index in [1.807, 2.05) is 31.4 Å². The SMILES string of the molecule is Cn1ccc(N2CCC[C@H](N[C@H]3CC=C(c4ccc(F)cc4)CC3)C2=O)n1. The number of carbonyl (C=O) groups is 1. The Morgan fingerprint density at radius 2 is 2.00 bits per heavy atom. The molecule has 2 atom stereocenters. The van der Waals surface area contributed by atoms with Crippen LogP contribution in [0.4, 0.5) is 10.2 Å². The number of amides is 1. The fourth-order valence-corrected chi connectivity index (χ4v) is 4.00. The zero-order valence-corrected chi connectivity index (χ0v) is 15.6. The van der Waals surface area contributed by atoms with Crippen LogP contribution in [0.2, 0.25) is 0 Å². The Hall–Kier alpha value is -2.47. The molecule has 142 valence electrons. The van der Waals surface area contributed by atoms with E-state index in [-0.39, 0.29) is 17.8 Å². The van der Waals surface area contributed by atoms with Gasteiger partial charge in [-0.1, -0.05) is 18.2 Å². The summed E-state index contributed by atoms with van der Waals surface area (Å²) in [6.07, 6.45) is 8.74. The van der Waals surface area contributed by atoms with Crippen molar-refractivity contribution in [2.24, 2.45) is 7.05 Å². The van der Waals surface area contributed by atoms with Crippen LogP contribution in [0.25, 0.3) is 5.57 Å². The molecule has 1 fully saturated rings. The third kappa shape index (κ3) is 3.95. The van der Waals surface area contributed by atoms with Crippen molar-refractivity contribution in [2.75, 3.05) is 11.4 Å². The third-order valence-corrected chi connectivity index (χ3v) is 5.48. The van der Waals surface area contributed by atoms with Gasteiger partial charge < -0.3 is 5.32 Å². The molecule has 2 aliphatic rings. The highest BCUT2D eigenvalue weighted by atomic mass is 19.1. The van der Waals surface area contributed by atoms with E-state index in [4.69, 9.17) is 0 Å². The van der Waals surface area contributed by atoms with Crippen molar-refractivity contribution in [1.29, 1.82) is 0 Å². The molecule has 0 saturated carbocycles. The molecule has 5 nitrogen and oxygen atoms in total. The molecule has 0 radical (unpaired) electrons. The largest absolute Gasteiger partial charge is 0.303 e. The molecule has 4 rings (SSSR count). The molecule has 0 unspecified atom stereocenters. The summed E-state index contributed by atoms with van der Waals surface area (Å²) in [7, 11) is 1.86. The van der Waals surface area contributed by atoms with E-state index >= 15 is 0 Å². The van der Waals surface area contributed by atoms with E-state index in [1.165, 1.54) is 17.7 Å². The lowest BCUT2D eigenvalue weighted by atomic mass is 9.90. The summed E-state index contributed by atoms with van der Waals surface area (Å²) in [5, 5.41) is 7.94. The van der Waals surface area contributed by atoms with Crippen LogP contribution in [-0.4, -0.2) is 34.3 Å². The molecule has 0 bridgehead atoms. The number of nitrogens with zero attached hydrogens (tertiary/aromatic N) is 3. The Balaban J connectivity index is 1.38. The predicted molar refractivity (Wildman–Crippen MR) is 104 cm³/mol. The topological polar surface area (TPSA) is 50.2 Å². The lowest BCUT2D eigenvalue weighted by Gasteiger charge is -2.34. The van der Waals surface area contributed by atoms with E-state index < -0.39 is 0 Å². The number of carbonyl (C=O) groups excluding carboxylic acids is 1. The number of aryl methyl sites for hydroxylation is 1. The molecule has 1 N–H and O–H groups in total. The molecule has 1 aromatic carbocycles. The highest BCUT2D eigenvalue weighted by molar-refractivity contribution is 5.97. The summed E-state index contributed by atoms with van der Waals surface area (Å²) < 4.78 is 14.8. The molecule has 2 aromatic rings. The standard InChI is InChI=1S/C21H25FN4O/c1-25-14-12-20(24-25)26-13-2-3-19(21(26)27)23-18-10-6-16(7-11-18)15-4-8-17(22)9-5-15/h4-6,8-9,12,14,18-19,23H,2-3,7,10-11,13H2,1H3/t18-,19-/m0/s1. The highest BCUT2D eigenvalue weighted by Gasteiger charge is 2.32. The van der Waals surface area contributed by atoms with Gasteiger partial charge in [0.05, 0.1) is 6.04 Å². The predicted octanol–water partition coefficient (Wildman–Crippen LogP) is 3.28. The van der Waals surface area contributed by atoms with Gasteiger partial charge in [-0.15, -0.1) is 0 Å². The van der Waals surface area contributed by atoms with E-state index in [0.29, 0.717) is 6.04 Å². The van der Waals surface area contributed by atoms with Crippen LogP contribution < -0.4 is 10.2 Å². The van der Waals surface area contributed by atoms with Crippen LogP contribution in [-0.2, 0) is 11.8 Å². The van der Waals surface area contributed by atoms with Crippen molar-refractivity contribution >= 4 is 17.3 Å². The molecule has 1 saturated heterocycles. The third-order valence-electron chi connectivity index (χ3n) is 5.48. The van der Waals surface area contributed by atoms with E-state index in [2.05, 4.69) is 16.5 Å². The second-order valence-corrected chi connectivity index (χ2v) is 7.41. The van der Waals surface area contributed by atoms with Crippen molar-refractivity contribution in [3.8, 4) is 0 Å². The summed E-state index contributed by atoms with van der Waals surface area (Å²) in [5.41, 5.74) is 2.35. The number of allylic oxidation sites excluding steroid dienone is 1. The minimum absolute atomic E-state index is 0.119. The van der Waals surface area contributed by atoms with Gasteiger partial charge >= 0.3 is 0 Å². The first-order valence-corrected chi connectivity index (χ1v) is 9.62. The fourth-order valence-electron chi connectivity index (χ4n) is 4.00. The summed E-state index contributed by atoms with van der Waals surface area (Å²) in [6, 6.07) is 8.73. The highest BCUT2D eigenvalue weighted by Crippen LogP contribution is 2.28. The average Bonchev–Trinajstić information content (AvgIpc) is 3.11. The molecule has 1 aliphatic carbocycles. The van der Waals surface area contributed by atoms with Crippen molar-refractivity contribution in [1.82, 2.24) is 15.1 Å². The first kappa shape index (κ1) is 17.9. The maximum absolute atomic E-state index is 13.1. The second-order valence-electron chi connectivity index (χ2n) is 7.41. The van der Waals surface area contributed by atoms with Crippen molar-refractivity contribution in [3.63, 3.8) is 0 Å². The summed E-state index contributed by atoms with van der Waals surface area (Å²) in [6.45, 7) is 0.729. The van der Waals surface area contributed by atoms with Crippen LogP contribution in [0, 0.1) is 5.82 Å². The lowest BCUT2D eigenvalue weighted by Crippen LogP contribution is -2.53. The van der Waals surface area contributed by atoms with Gasteiger partial charge in [-0.25, -0.2) is 4.39 Å². The van der Waals surface area contributed by atoms with Gasteiger partial charge in [0, 0.05) is 31.9 Å². The van der Waals surface area contributed by atoms with Crippen molar-refractivity contribution < 1.29 is 9.18 Å². The first-order chi connectivity index (χ1) is 13.1. The smallest absolute Gasteiger partial charge is 0.245 e. The number of hydrogen-bond donors (Lipinski definition) is 1. The number of nitrogens with one attached hydrogen (secondary N) is 1. The van der Waals surface area contributed by atoms with E-state index in [1.54, 1.807) is 9.58 Å². The van der Waals surface area contributed by atoms with Gasteiger partial charge in [-0.2, -0.15) is 5.10 Å². The molecule has 0 spiro atoms. The number of halogens is 1. The van der Waals surface area contributed by atoms with Crippen molar-refractivity contribution in [2.45, 2.75) is 44.2 Å². The van der Waals surface area contributed by atoms with Gasteiger partial charge in [0.1, 0.15) is 5.82 Å². The minimum Gasteiger partial charge on any atom is -0.303 e. The van der Waals surface area contributed by atoms with Crippen LogP contribution in [0.15, 0.2) is 42.6 Å². The monoisotopic (exact) mass is 368 g/mol. The normalized spacial score (nSPS) is 23.4. The molecule has 2 heterocycles. The van der Waals surface area contributed by atoms with Gasteiger partial charge in [-0.05, 0) is 55.4 Å². The summed E-state index contributed by atoms with van der Waals surface area (Å²) in [4.78, 5) is 14.7. The van der Waals surface area contributed by atoms with Crippen molar-refractivity contribution in [3.05, 3.63) is 54.0 Å². The van der Waals surface area contributed by atoms with Crippen LogP contribution >= 0.6 is 0 Å². The Labute approximate surface area is 158 Å². The number of rotatable bonds is 4. The number of aromatic nitrogens is 2. The van der Waals surface area contributed by atoms with Gasteiger partial charge in [0.25, 0.3) is 0 Å². The number of hydrogen-bond acceptors (Lipinski definition) is 3. The second kappa shape index (κ2) is 7.64. The minimum atomic E-state index is -0.206. The molecular formula is C21H25FN4O. The molecule has 1 aliphatic heterocycles. The van der Waals surface area contributed by atoms with Crippen LogP contribution in [0.5, 0.6) is 0 Å². The number of piperidine rings is 1. The summed E-state index contributed by atoms with van der Waals surface area (Å²) >= 11 is 0. The molecular weight excluding hydrogens is 343 g/mol. The number of benzene rings is 1. The Morgan fingerprint density at radius 3 is 2.67 bits per heavy atom. The summed E-state index contributed by atoms with van der Waals surface area (Å²) in [5.74, 6) is 0.646. The quantitative estimate of drug-likeness (QED) is 0.901. The van der Waals surface area contributed by atoms with E-state index in [9.17, 15) is 9.18 Å². The van der Waals surface area contributed by atoms with Gasteiger partial charge in [0.2, 0.25) is 5.91 Å². The maximum Gasteiger partial charge on any atom is 0.245 e. The maximum atomic E-state index is 13.1.